The van der Waals surface area contributed by atoms with Crippen molar-refractivity contribution in [2.24, 2.45) is 0 Å². The number of ketones is 1. The fourth-order valence-corrected chi connectivity index (χ4v) is 1.56. The average Bonchev–Trinajstić information content (AvgIpc) is 2.27. The van der Waals surface area contributed by atoms with Gasteiger partial charge in [-0.15, -0.1) is 0 Å². The monoisotopic (exact) mass is 267 g/mol. The Balaban J connectivity index is 3.36. The van der Waals surface area contributed by atoms with Crippen molar-refractivity contribution in [1.29, 1.82) is 5.26 Å². The maximum Gasteiger partial charge on any atom is 0.177 e. The number of halogens is 1. The van der Waals surface area contributed by atoms with E-state index in [9.17, 15) is 4.79 Å². The molecule has 0 aliphatic carbocycles. The maximum absolute atomic E-state index is 11.5. The highest BCUT2D eigenvalue weighted by atomic mass is 79.9. The molecule has 0 heterocycles. The van der Waals surface area contributed by atoms with Crippen LogP contribution in [0.5, 0.6) is 5.75 Å². The number of carbonyl (C=O) groups is 1. The fraction of sp³-hybridized carbons (Fsp3) is 0.273. The van der Waals surface area contributed by atoms with Gasteiger partial charge in [-0.3, -0.25) is 4.79 Å². The van der Waals surface area contributed by atoms with Gasteiger partial charge in [-0.05, 0) is 24.6 Å². The second-order valence-corrected chi connectivity index (χ2v) is 3.60. The lowest BCUT2D eigenvalue weighted by Crippen LogP contribution is -2.04. The van der Waals surface area contributed by atoms with Gasteiger partial charge in [-0.25, -0.2) is 0 Å². The molecule has 0 aliphatic rings. The summed E-state index contributed by atoms with van der Waals surface area (Å²) in [6.07, 6.45) is 0. The van der Waals surface area contributed by atoms with Gasteiger partial charge in [0.05, 0.1) is 29.6 Å². The summed E-state index contributed by atoms with van der Waals surface area (Å²) in [5.41, 5.74) is 1.75. The minimum absolute atomic E-state index is 0.0941. The van der Waals surface area contributed by atoms with Crippen LogP contribution >= 0.6 is 15.9 Å². The molecule has 15 heavy (non-hydrogen) atoms. The predicted molar refractivity (Wildman–Crippen MR) is 60.6 cm³/mol. The number of benzene rings is 1. The number of alkyl halides is 1. The highest BCUT2D eigenvalue weighted by Crippen LogP contribution is 2.23. The molecule has 0 bridgehead atoms. The van der Waals surface area contributed by atoms with Crippen LogP contribution in [0.25, 0.3) is 0 Å². The third-order valence-corrected chi connectivity index (χ3v) is 2.60. The summed E-state index contributed by atoms with van der Waals surface area (Å²) in [6, 6.07) is 5.31. The van der Waals surface area contributed by atoms with Gasteiger partial charge in [0.25, 0.3) is 0 Å². The quantitative estimate of drug-likeness (QED) is 0.625. The van der Waals surface area contributed by atoms with Crippen LogP contribution < -0.4 is 4.74 Å². The number of hydrogen-bond donors (Lipinski definition) is 0. The summed E-state index contributed by atoms with van der Waals surface area (Å²) in [5.74, 6) is 0.416. The molecule has 1 rings (SSSR count). The SMILES string of the molecule is COc1cc(C)c(C#N)cc1C(=O)CBr. The molecule has 1 aromatic rings. The van der Waals surface area contributed by atoms with E-state index in [0.29, 0.717) is 16.9 Å². The van der Waals surface area contributed by atoms with Gasteiger partial charge < -0.3 is 4.74 Å². The zero-order valence-corrected chi connectivity index (χ0v) is 10.1. The number of hydrogen-bond acceptors (Lipinski definition) is 3. The van der Waals surface area contributed by atoms with Crippen molar-refractivity contribution in [3.63, 3.8) is 0 Å². The van der Waals surface area contributed by atoms with Crippen molar-refractivity contribution in [1.82, 2.24) is 0 Å². The highest BCUT2D eigenvalue weighted by Gasteiger charge is 2.13. The van der Waals surface area contributed by atoms with Gasteiger partial charge in [0.15, 0.2) is 5.78 Å². The Bertz CT molecular complexity index is 435. The van der Waals surface area contributed by atoms with Gasteiger partial charge in [0, 0.05) is 0 Å². The van der Waals surface area contributed by atoms with Crippen LogP contribution in [0.15, 0.2) is 12.1 Å². The van der Waals surface area contributed by atoms with E-state index in [2.05, 4.69) is 15.9 Å². The molecule has 78 valence electrons. The van der Waals surface area contributed by atoms with Crippen molar-refractivity contribution < 1.29 is 9.53 Å². The lowest BCUT2D eigenvalue weighted by Gasteiger charge is -2.08. The lowest BCUT2D eigenvalue weighted by molar-refractivity contribution is 0.102. The summed E-state index contributed by atoms with van der Waals surface area (Å²) >= 11 is 3.09. The van der Waals surface area contributed by atoms with Crippen LogP contribution in [0, 0.1) is 18.3 Å². The molecule has 0 spiro atoms. The first-order valence-corrected chi connectivity index (χ1v) is 5.44. The first-order chi connectivity index (χ1) is 7.13. The van der Waals surface area contributed by atoms with E-state index in [1.165, 1.54) is 7.11 Å². The summed E-state index contributed by atoms with van der Waals surface area (Å²) in [4.78, 5) is 11.5. The number of ether oxygens (including phenoxy) is 1. The van der Waals surface area contributed by atoms with Gasteiger partial charge in [0.2, 0.25) is 0 Å². The first kappa shape index (κ1) is 11.7. The molecule has 4 heteroatoms. The summed E-state index contributed by atoms with van der Waals surface area (Å²) in [5, 5.41) is 9.07. The zero-order chi connectivity index (χ0) is 11.4. The van der Waals surface area contributed by atoms with E-state index >= 15 is 0 Å². The number of carbonyl (C=O) groups excluding carboxylic acids is 1. The largest absolute Gasteiger partial charge is 0.496 e. The topological polar surface area (TPSA) is 50.1 Å². The molecule has 1 aromatic carbocycles. The van der Waals surface area contributed by atoms with Crippen LogP contribution in [0.1, 0.15) is 21.5 Å². The van der Waals surface area contributed by atoms with E-state index < -0.39 is 0 Å². The molecule has 0 unspecified atom stereocenters. The molecule has 0 fully saturated rings. The molecule has 0 saturated carbocycles. The Morgan fingerprint density at radius 2 is 2.27 bits per heavy atom. The normalized spacial score (nSPS) is 9.47. The molecule has 0 atom stereocenters. The highest BCUT2D eigenvalue weighted by molar-refractivity contribution is 9.09. The molecule has 0 saturated heterocycles. The van der Waals surface area contributed by atoms with E-state index in [-0.39, 0.29) is 11.1 Å². The Kier molecular flexibility index (Phi) is 3.87. The minimum Gasteiger partial charge on any atom is -0.496 e. The molecular formula is C11H10BrNO2. The van der Waals surface area contributed by atoms with Crippen LogP contribution in [-0.4, -0.2) is 18.2 Å². The van der Waals surface area contributed by atoms with Gasteiger partial charge in [-0.2, -0.15) is 5.26 Å². The molecule has 0 amide bonds. The minimum atomic E-state index is -0.0941. The first-order valence-electron chi connectivity index (χ1n) is 4.32. The van der Waals surface area contributed by atoms with Gasteiger partial charge in [0.1, 0.15) is 5.75 Å². The summed E-state index contributed by atoms with van der Waals surface area (Å²) < 4.78 is 5.10. The molecule has 0 aromatic heterocycles. The van der Waals surface area contributed by atoms with Crippen LogP contribution in [0.4, 0.5) is 0 Å². The van der Waals surface area contributed by atoms with Crippen LogP contribution in [-0.2, 0) is 0 Å². The van der Waals surface area contributed by atoms with Crippen LogP contribution in [0.2, 0.25) is 0 Å². The number of nitriles is 1. The maximum atomic E-state index is 11.5. The Morgan fingerprint density at radius 1 is 1.60 bits per heavy atom. The van der Waals surface area contributed by atoms with Gasteiger partial charge in [-0.1, -0.05) is 15.9 Å². The van der Waals surface area contributed by atoms with Crippen molar-refractivity contribution in [2.75, 3.05) is 12.4 Å². The van der Waals surface area contributed by atoms with Crippen molar-refractivity contribution in [2.45, 2.75) is 6.92 Å². The second kappa shape index (κ2) is 4.94. The third kappa shape index (κ3) is 2.37. The van der Waals surface area contributed by atoms with Crippen LogP contribution in [0.3, 0.4) is 0 Å². The predicted octanol–water partition coefficient (Wildman–Crippen LogP) is 2.45. The van der Waals surface area contributed by atoms with E-state index in [0.717, 1.165) is 5.56 Å². The van der Waals surface area contributed by atoms with E-state index in [4.69, 9.17) is 10.00 Å². The summed E-state index contributed by atoms with van der Waals surface area (Å²) in [6.45, 7) is 1.81. The summed E-state index contributed by atoms with van der Waals surface area (Å²) in [7, 11) is 1.51. The molecule has 0 N–H and O–H groups in total. The molecule has 0 radical (unpaired) electrons. The van der Waals surface area contributed by atoms with Gasteiger partial charge >= 0.3 is 0 Å². The number of Topliss-reactive ketones (excluding diaryl/α,β-unsaturated/α-hetero) is 1. The lowest BCUT2D eigenvalue weighted by atomic mass is 10.0. The fourth-order valence-electron chi connectivity index (χ4n) is 1.26. The Morgan fingerprint density at radius 3 is 2.73 bits per heavy atom. The number of aryl methyl sites for hydroxylation is 1. The van der Waals surface area contributed by atoms with Crippen molar-refractivity contribution >= 4 is 21.7 Å². The number of rotatable bonds is 3. The average molecular weight is 268 g/mol. The Labute approximate surface area is 96.8 Å². The smallest absolute Gasteiger partial charge is 0.177 e. The standard InChI is InChI=1S/C11H10BrNO2/c1-7-3-11(15-2)9(10(14)5-12)4-8(7)6-13/h3-4H,5H2,1-2H3. The van der Waals surface area contributed by atoms with Crippen molar-refractivity contribution in [3.05, 3.63) is 28.8 Å². The second-order valence-electron chi connectivity index (χ2n) is 3.04. The molecular weight excluding hydrogens is 258 g/mol. The van der Waals surface area contributed by atoms with Crippen molar-refractivity contribution in [3.8, 4) is 11.8 Å². The molecule has 3 nitrogen and oxygen atoms in total. The molecule has 0 aliphatic heterocycles. The third-order valence-electron chi connectivity index (χ3n) is 2.09. The Hall–Kier alpha value is -1.34. The number of nitrogens with zero attached hydrogens (tertiary/aromatic N) is 1. The van der Waals surface area contributed by atoms with E-state index in [1.807, 2.05) is 13.0 Å². The zero-order valence-electron chi connectivity index (χ0n) is 8.50. The van der Waals surface area contributed by atoms with E-state index in [1.54, 1.807) is 12.1 Å². The number of methoxy groups -OCH3 is 1.